The summed E-state index contributed by atoms with van der Waals surface area (Å²) in [6, 6.07) is 4.67. The third-order valence-electron chi connectivity index (χ3n) is 1.96. The maximum absolute atomic E-state index is 10.7. The molecule has 0 aliphatic heterocycles. The van der Waals surface area contributed by atoms with Gasteiger partial charge in [0, 0.05) is 6.07 Å². The third kappa shape index (κ3) is 1.66. The van der Waals surface area contributed by atoms with Gasteiger partial charge < -0.3 is 9.73 Å². The molecule has 0 atom stereocenters. The Morgan fingerprint density at radius 2 is 2.40 bits per heavy atom. The highest BCUT2D eigenvalue weighted by atomic mass is 16.6. The molecular formula is C9H9N3O3. The van der Waals surface area contributed by atoms with Crippen LogP contribution in [0.15, 0.2) is 22.6 Å². The standard InChI is InChI=1S/C9H9N3O3/c1-10-5-8-11-6-3-2-4-7(12(13)14)9(6)15-8/h2-4,10H,5H2,1H3. The normalized spacial score (nSPS) is 10.7. The lowest BCUT2D eigenvalue weighted by atomic mass is 10.3. The number of hydrogen-bond donors (Lipinski definition) is 1. The van der Waals surface area contributed by atoms with E-state index in [-0.39, 0.29) is 11.3 Å². The van der Waals surface area contributed by atoms with Gasteiger partial charge in [-0.15, -0.1) is 0 Å². The summed E-state index contributed by atoms with van der Waals surface area (Å²) in [7, 11) is 1.75. The van der Waals surface area contributed by atoms with E-state index in [0.29, 0.717) is 18.0 Å². The molecule has 6 heteroatoms. The van der Waals surface area contributed by atoms with E-state index in [2.05, 4.69) is 10.3 Å². The van der Waals surface area contributed by atoms with Crippen LogP contribution < -0.4 is 5.32 Å². The summed E-state index contributed by atoms with van der Waals surface area (Å²) >= 11 is 0. The highest BCUT2D eigenvalue weighted by Gasteiger charge is 2.16. The molecule has 1 aromatic heterocycles. The van der Waals surface area contributed by atoms with Crippen molar-refractivity contribution in [3.63, 3.8) is 0 Å². The van der Waals surface area contributed by atoms with Gasteiger partial charge in [-0.3, -0.25) is 10.1 Å². The second-order valence-corrected chi connectivity index (χ2v) is 3.02. The number of nitrogens with zero attached hydrogens (tertiary/aromatic N) is 2. The summed E-state index contributed by atoms with van der Waals surface area (Å²) in [4.78, 5) is 14.3. The van der Waals surface area contributed by atoms with E-state index >= 15 is 0 Å². The molecule has 2 aromatic rings. The van der Waals surface area contributed by atoms with Gasteiger partial charge in [0.05, 0.1) is 11.5 Å². The predicted molar refractivity (Wildman–Crippen MR) is 53.4 cm³/mol. The zero-order valence-corrected chi connectivity index (χ0v) is 8.06. The highest BCUT2D eigenvalue weighted by molar-refractivity contribution is 5.82. The Hall–Kier alpha value is -1.95. The zero-order chi connectivity index (χ0) is 10.8. The van der Waals surface area contributed by atoms with Crippen LogP contribution in [0.1, 0.15) is 5.89 Å². The van der Waals surface area contributed by atoms with Crippen LogP contribution in [-0.2, 0) is 6.54 Å². The third-order valence-corrected chi connectivity index (χ3v) is 1.96. The van der Waals surface area contributed by atoms with Gasteiger partial charge in [-0.1, -0.05) is 6.07 Å². The van der Waals surface area contributed by atoms with Crippen molar-refractivity contribution in [1.29, 1.82) is 0 Å². The maximum atomic E-state index is 10.7. The monoisotopic (exact) mass is 207 g/mol. The molecular weight excluding hydrogens is 198 g/mol. The van der Waals surface area contributed by atoms with Crippen LogP contribution in [0.2, 0.25) is 0 Å². The fraction of sp³-hybridized carbons (Fsp3) is 0.222. The summed E-state index contributed by atoms with van der Waals surface area (Å²) in [5.41, 5.74) is 0.685. The van der Waals surface area contributed by atoms with E-state index in [1.165, 1.54) is 6.07 Å². The maximum Gasteiger partial charge on any atom is 0.313 e. The molecule has 15 heavy (non-hydrogen) atoms. The first-order valence-corrected chi connectivity index (χ1v) is 4.40. The molecule has 0 radical (unpaired) electrons. The Bertz CT molecular complexity index is 506. The minimum absolute atomic E-state index is 0.0534. The molecule has 0 aliphatic carbocycles. The van der Waals surface area contributed by atoms with Gasteiger partial charge >= 0.3 is 5.69 Å². The van der Waals surface area contributed by atoms with Crippen LogP contribution in [0.3, 0.4) is 0 Å². The van der Waals surface area contributed by atoms with E-state index < -0.39 is 4.92 Å². The molecule has 0 saturated carbocycles. The Labute approximate surface area is 85.1 Å². The average molecular weight is 207 g/mol. The molecule has 0 fully saturated rings. The van der Waals surface area contributed by atoms with Crippen molar-refractivity contribution in [2.45, 2.75) is 6.54 Å². The number of nitro benzene ring substituents is 1. The molecule has 1 aromatic carbocycles. The van der Waals surface area contributed by atoms with Crippen molar-refractivity contribution in [2.75, 3.05) is 7.05 Å². The topological polar surface area (TPSA) is 81.2 Å². The number of non-ortho nitro benzene ring substituents is 1. The van der Waals surface area contributed by atoms with Crippen LogP contribution in [0.4, 0.5) is 5.69 Å². The number of fused-ring (bicyclic) bond motifs is 1. The summed E-state index contributed by atoms with van der Waals surface area (Å²) in [6.07, 6.45) is 0. The van der Waals surface area contributed by atoms with Crippen LogP contribution >= 0.6 is 0 Å². The second-order valence-electron chi connectivity index (χ2n) is 3.02. The molecule has 0 bridgehead atoms. The number of rotatable bonds is 3. The quantitative estimate of drug-likeness (QED) is 0.608. The van der Waals surface area contributed by atoms with E-state index in [0.717, 1.165) is 0 Å². The summed E-state index contributed by atoms with van der Waals surface area (Å²) < 4.78 is 5.29. The van der Waals surface area contributed by atoms with Crippen LogP contribution in [-0.4, -0.2) is 17.0 Å². The Balaban J connectivity index is 2.59. The average Bonchev–Trinajstić information content (AvgIpc) is 2.59. The molecule has 0 aliphatic rings. The fourth-order valence-corrected chi connectivity index (χ4v) is 1.35. The summed E-state index contributed by atoms with van der Waals surface area (Å²) in [5.74, 6) is 0.446. The lowest BCUT2D eigenvalue weighted by Crippen LogP contribution is -2.04. The lowest BCUT2D eigenvalue weighted by molar-refractivity contribution is -0.383. The van der Waals surface area contributed by atoms with Crippen molar-refractivity contribution in [3.05, 3.63) is 34.2 Å². The number of nitro groups is 1. The number of para-hydroxylation sites is 1. The molecule has 0 unspecified atom stereocenters. The smallest absolute Gasteiger partial charge is 0.313 e. The molecule has 6 nitrogen and oxygen atoms in total. The van der Waals surface area contributed by atoms with Gasteiger partial charge in [0.15, 0.2) is 0 Å². The minimum atomic E-state index is -0.476. The SMILES string of the molecule is CNCc1nc2cccc([N+](=O)[O-])c2o1. The predicted octanol–water partition coefficient (Wildman–Crippen LogP) is 1.46. The minimum Gasteiger partial charge on any atom is -0.432 e. The van der Waals surface area contributed by atoms with Crippen molar-refractivity contribution < 1.29 is 9.34 Å². The fourth-order valence-electron chi connectivity index (χ4n) is 1.35. The number of benzene rings is 1. The Kier molecular flexibility index (Phi) is 2.34. The Morgan fingerprint density at radius 3 is 3.07 bits per heavy atom. The van der Waals surface area contributed by atoms with Gasteiger partial charge in [0.1, 0.15) is 5.52 Å². The van der Waals surface area contributed by atoms with Crippen molar-refractivity contribution in [2.24, 2.45) is 0 Å². The van der Waals surface area contributed by atoms with Crippen molar-refractivity contribution in [1.82, 2.24) is 10.3 Å². The van der Waals surface area contributed by atoms with E-state index in [1.54, 1.807) is 19.2 Å². The number of aromatic nitrogens is 1. The van der Waals surface area contributed by atoms with Crippen molar-refractivity contribution in [3.8, 4) is 0 Å². The number of hydrogen-bond acceptors (Lipinski definition) is 5. The first-order chi connectivity index (χ1) is 7.22. The van der Waals surface area contributed by atoms with Gasteiger partial charge in [0.2, 0.25) is 11.5 Å². The number of oxazole rings is 1. The first kappa shape index (κ1) is 9.60. The summed E-state index contributed by atoms with van der Waals surface area (Å²) in [6.45, 7) is 0.450. The Morgan fingerprint density at radius 1 is 1.60 bits per heavy atom. The van der Waals surface area contributed by atoms with Crippen LogP contribution in [0.25, 0.3) is 11.1 Å². The van der Waals surface area contributed by atoms with Crippen LogP contribution in [0, 0.1) is 10.1 Å². The van der Waals surface area contributed by atoms with Gasteiger partial charge in [-0.25, -0.2) is 4.98 Å². The first-order valence-electron chi connectivity index (χ1n) is 4.40. The van der Waals surface area contributed by atoms with Gasteiger partial charge in [-0.2, -0.15) is 0 Å². The van der Waals surface area contributed by atoms with E-state index in [9.17, 15) is 10.1 Å². The highest BCUT2D eigenvalue weighted by Crippen LogP contribution is 2.25. The van der Waals surface area contributed by atoms with E-state index in [4.69, 9.17) is 4.42 Å². The molecule has 1 heterocycles. The molecule has 78 valence electrons. The molecule has 0 amide bonds. The zero-order valence-electron chi connectivity index (χ0n) is 8.06. The number of nitrogens with one attached hydrogen (secondary N) is 1. The van der Waals surface area contributed by atoms with Gasteiger partial charge in [-0.05, 0) is 13.1 Å². The lowest BCUT2D eigenvalue weighted by Gasteiger charge is -1.90. The molecule has 2 rings (SSSR count). The molecule has 0 spiro atoms. The van der Waals surface area contributed by atoms with Crippen molar-refractivity contribution >= 4 is 16.8 Å². The summed E-state index contributed by atoms with van der Waals surface area (Å²) in [5, 5.41) is 13.6. The van der Waals surface area contributed by atoms with Gasteiger partial charge in [0.25, 0.3) is 0 Å². The molecule has 0 saturated heterocycles. The second kappa shape index (κ2) is 3.66. The largest absolute Gasteiger partial charge is 0.432 e. The molecule has 1 N–H and O–H groups in total. The van der Waals surface area contributed by atoms with Crippen LogP contribution in [0.5, 0.6) is 0 Å². The van der Waals surface area contributed by atoms with E-state index in [1.807, 2.05) is 0 Å².